The number of carbonyl (C=O) groups is 2. The number of rotatable bonds is 6. The first-order chi connectivity index (χ1) is 12.6. The van der Waals surface area contributed by atoms with Crippen molar-refractivity contribution in [2.24, 2.45) is 0 Å². The summed E-state index contributed by atoms with van der Waals surface area (Å²) in [5, 5.41) is 11.3. The molecular formula is C19H22N4O3. The Balaban J connectivity index is 1.51. The zero-order valence-corrected chi connectivity index (χ0v) is 14.5. The number of pyridine rings is 1. The minimum absolute atomic E-state index is 0.0198. The Bertz CT molecular complexity index is 741. The number of amides is 1. The fraction of sp³-hybridized carbons (Fsp3) is 0.316. The van der Waals surface area contributed by atoms with E-state index in [1.165, 1.54) is 5.69 Å². The molecule has 2 heterocycles. The van der Waals surface area contributed by atoms with E-state index in [-0.39, 0.29) is 18.7 Å². The van der Waals surface area contributed by atoms with E-state index in [1.54, 1.807) is 0 Å². The molecule has 7 heteroatoms. The maximum atomic E-state index is 11.7. The molecule has 3 rings (SSSR count). The number of aromatic nitrogens is 1. The molecule has 26 heavy (non-hydrogen) atoms. The predicted molar refractivity (Wildman–Crippen MR) is 101 cm³/mol. The lowest BCUT2D eigenvalue weighted by Gasteiger charge is -2.37. The van der Waals surface area contributed by atoms with Crippen LogP contribution < -0.4 is 15.1 Å². The van der Waals surface area contributed by atoms with Crippen molar-refractivity contribution in [3.05, 3.63) is 48.8 Å². The number of carboxylic acids is 1. The van der Waals surface area contributed by atoms with Gasteiger partial charge in [-0.25, -0.2) is 0 Å². The number of anilines is 3. The monoisotopic (exact) mass is 354 g/mol. The minimum atomic E-state index is -0.971. The number of hydrogen-bond acceptors (Lipinski definition) is 5. The quantitative estimate of drug-likeness (QED) is 0.827. The summed E-state index contributed by atoms with van der Waals surface area (Å²) in [4.78, 5) is 30.9. The SMILES string of the molecule is O=C(O)CCC(=O)Nc1ccc(N2CCN(c3ccncc3)CC2)cc1. The van der Waals surface area contributed by atoms with E-state index in [4.69, 9.17) is 5.11 Å². The average molecular weight is 354 g/mol. The Kier molecular flexibility index (Phi) is 5.68. The van der Waals surface area contributed by atoms with Gasteiger partial charge in [0.25, 0.3) is 0 Å². The summed E-state index contributed by atoms with van der Waals surface area (Å²) in [7, 11) is 0. The van der Waals surface area contributed by atoms with Crippen molar-refractivity contribution >= 4 is 28.9 Å². The number of piperazine rings is 1. The number of carboxylic acid groups (broad SMARTS) is 1. The van der Waals surface area contributed by atoms with Crippen molar-refractivity contribution in [3.8, 4) is 0 Å². The van der Waals surface area contributed by atoms with Gasteiger partial charge in [-0.1, -0.05) is 0 Å². The van der Waals surface area contributed by atoms with Gasteiger partial charge in [0.05, 0.1) is 6.42 Å². The van der Waals surface area contributed by atoms with Crippen LogP contribution >= 0.6 is 0 Å². The molecule has 1 aromatic carbocycles. The Hall–Kier alpha value is -3.09. The molecule has 0 bridgehead atoms. The molecule has 0 unspecified atom stereocenters. The molecular weight excluding hydrogens is 332 g/mol. The first-order valence-corrected chi connectivity index (χ1v) is 8.63. The van der Waals surface area contributed by atoms with E-state index >= 15 is 0 Å². The van der Waals surface area contributed by atoms with Gasteiger partial charge >= 0.3 is 5.97 Å². The third-order valence-electron chi connectivity index (χ3n) is 4.39. The molecule has 0 spiro atoms. The number of carbonyl (C=O) groups excluding carboxylic acids is 1. The summed E-state index contributed by atoms with van der Waals surface area (Å²) < 4.78 is 0. The highest BCUT2D eigenvalue weighted by atomic mass is 16.4. The third-order valence-corrected chi connectivity index (χ3v) is 4.39. The summed E-state index contributed by atoms with van der Waals surface area (Å²) in [6.07, 6.45) is 3.44. The number of nitrogens with zero attached hydrogens (tertiary/aromatic N) is 3. The Morgan fingerprint density at radius 1 is 0.885 bits per heavy atom. The second kappa shape index (κ2) is 8.33. The van der Waals surface area contributed by atoms with Gasteiger partial charge < -0.3 is 20.2 Å². The molecule has 1 fully saturated rings. The first kappa shape index (κ1) is 17.7. The van der Waals surface area contributed by atoms with Crippen LogP contribution in [-0.4, -0.2) is 48.1 Å². The van der Waals surface area contributed by atoms with Gasteiger partial charge in [-0.15, -0.1) is 0 Å². The van der Waals surface area contributed by atoms with E-state index in [2.05, 4.69) is 20.1 Å². The molecule has 2 aromatic rings. The molecule has 1 amide bonds. The summed E-state index contributed by atoms with van der Waals surface area (Å²) in [6, 6.07) is 11.7. The van der Waals surface area contributed by atoms with E-state index in [9.17, 15) is 9.59 Å². The highest BCUT2D eigenvalue weighted by Gasteiger charge is 2.17. The first-order valence-electron chi connectivity index (χ1n) is 8.63. The van der Waals surface area contributed by atoms with Gasteiger partial charge in [-0.2, -0.15) is 0 Å². The predicted octanol–water partition coefficient (Wildman–Crippen LogP) is 2.21. The lowest BCUT2D eigenvalue weighted by atomic mass is 10.2. The van der Waals surface area contributed by atoms with Crippen molar-refractivity contribution in [1.29, 1.82) is 0 Å². The van der Waals surface area contributed by atoms with Crippen LogP contribution in [0.4, 0.5) is 17.1 Å². The zero-order chi connectivity index (χ0) is 18.4. The summed E-state index contributed by atoms with van der Waals surface area (Å²) in [5.74, 6) is -1.26. The van der Waals surface area contributed by atoms with Crippen LogP contribution in [0.1, 0.15) is 12.8 Å². The van der Waals surface area contributed by atoms with Crippen LogP contribution in [0.3, 0.4) is 0 Å². The third kappa shape index (κ3) is 4.72. The van der Waals surface area contributed by atoms with E-state index in [0.29, 0.717) is 5.69 Å². The average Bonchev–Trinajstić information content (AvgIpc) is 2.68. The van der Waals surface area contributed by atoms with Crippen molar-refractivity contribution in [2.45, 2.75) is 12.8 Å². The molecule has 1 aliphatic heterocycles. The molecule has 0 radical (unpaired) electrons. The van der Waals surface area contributed by atoms with Crippen LogP contribution in [0.2, 0.25) is 0 Å². The second-order valence-corrected chi connectivity index (χ2v) is 6.17. The maximum Gasteiger partial charge on any atom is 0.303 e. The van der Waals surface area contributed by atoms with Gasteiger partial charge in [-0.05, 0) is 36.4 Å². The number of aliphatic carboxylic acids is 1. The highest BCUT2D eigenvalue weighted by molar-refractivity contribution is 5.92. The fourth-order valence-electron chi connectivity index (χ4n) is 2.98. The molecule has 0 atom stereocenters. The topological polar surface area (TPSA) is 85.8 Å². The van der Waals surface area contributed by atoms with Crippen molar-refractivity contribution in [2.75, 3.05) is 41.3 Å². The van der Waals surface area contributed by atoms with Crippen LogP contribution in [0.5, 0.6) is 0 Å². The Morgan fingerprint density at radius 3 is 1.96 bits per heavy atom. The lowest BCUT2D eigenvalue weighted by molar-refractivity contribution is -0.138. The number of nitrogens with one attached hydrogen (secondary N) is 1. The number of hydrogen-bond donors (Lipinski definition) is 2. The summed E-state index contributed by atoms with van der Waals surface area (Å²) in [5.41, 5.74) is 2.99. The molecule has 2 N–H and O–H groups in total. The normalized spacial score (nSPS) is 14.2. The molecule has 1 saturated heterocycles. The summed E-state index contributed by atoms with van der Waals surface area (Å²) in [6.45, 7) is 3.73. The van der Waals surface area contributed by atoms with Gasteiger partial charge in [0.2, 0.25) is 5.91 Å². The molecule has 7 nitrogen and oxygen atoms in total. The van der Waals surface area contributed by atoms with Gasteiger partial charge in [0.15, 0.2) is 0 Å². The minimum Gasteiger partial charge on any atom is -0.481 e. The lowest BCUT2D eigenvalue weighted by Crippen LogP contribution is -2.46. The van der Waals surface area contributed by atoms with Crippen LogP contribution in [0.25, 0.3) is 0 Å². The van der Waals surface area contributed by atoms with Crippen molar-refractivity contribution < 1.29 is 14.7 Å². The molecule has 0 aliphatic carbocycles. The Morgan fingerprint density at radius 2 is 1.42 bits per heavy atom. The Labute approximate surface area is 152 Å². The van der Waals surface area contributed by atoms with E-state index in [1.807, 2.05) is 48.8 Å². The molecule has 0 saturated carbocycles. The second-order valence-electron chi connectivity index (χ2n) is 6.17. The maximum absolute atomic E-state index is 11.7. The van der Waals surface area contributed by atoms with Gasteiger partial charge in [0, 0.05) is 62.1 Å². The van der Waals surface area contributed by atoms with Crippen LogP contribution in [0, 0.1) is 0 Å². The van der Waals surface area contributed by atoms with Gasteiger partial charge in [-0.3, -0.25) is 14.6 Å². The van der Waals surface area contributed by atoms with Crippen molar-refractivity contribution in [3.63, 3.8) is 0 Å². The smallest absolute Gasteiger partial charge is 0.303 e. The van der Waals surface area contributed by atoms with Crippen LogP contribution in [-0.2, 0) is 9.59 Å². The molecule has 1 aromatic heterocycles. The standard InChI is InChI=1S/C19H22N4O3/c24-18(5-6-19(25)26)21-15-1-3-16(4-2-15)22-11-13-23(14-12-22)17-7-9-20-10-8-17/h1-4,7-10H,5-6,11-14H2,(H,21,24)(H,25,26). The van der Waals surface area contributed by atoms with E-state index < -0.39 is 5.97 Å². The zero-order valence-electron chi connectivity index (χ0n) is 14.5. The molecule has 1 aliphatic rings. The highest BCUT2D eigenvalue weighted by Crippen LogP contribution is 2.22. The van der Waals surface area contributed by atoms with E-state index in [0.717, 1.165) is 31.9 Å². The van der Waals surface area contributed by atoms with Crippen LogP contribution in [0.15, 0.2) is 48.8 Å². The van der Waals surface area contributed by atoms with Crippen molar-refractivity contribution in [1.82, 2.24) is 4.98 Å². The molecule has 136 valence electrons. The number of benzene rings is 1. The largest absolute Gasteiger partial charge is 0.481 e. The van der Waals surface area contributed by atoms with Gasteiger partial charge in [0.1, 0.15) is 0 Å². The summed E-state index contributed by atoms with van der Waals surface area (Å²) >= 11 is 0. The fourth-order valence-corrected chi connectivity index (χ4v) is 2.98.